The highest BCUT2D eigenvalue weighted by Crippen LogP contribution is 2.31. The number of amides is 1. The number of carboxylic acid groups (broad SMARTS) is 1. The van der Waals surface area contributed by atoms with Crippen LogP contribution >= 0.6 is 12.4 Å². The third-order valence-electron chi connectivity index (χ3n) is 14.7. The first-order valence-corrected chi connectivity index (χ1v) is 31.0. The molecule has 0 spiro atoms. The summed E-state index contributed by atoms with van der Waals surface area (Å²) < 4.78 is 36.7. The Kier molecular flexibility index (Phi) is 30.6. The van der Waals surface area contributed by atoms with Crippen LogP contribution in [0.5, 0.6) is 0 Å². The highest BCUT2D eigenvalue weighted by atomic mass is 35.5. The lowest BCUT2D eigenvalue weighted by Gasteiger charge is -2.37. The summed E-state index contributed by atoms with van der Waals surface area (Å²) in [5, 5.41) is 72.9. The van der Waals surface area contributed by atoms with Crippen LogP contribution in [-0.2, 0) is 11.2 Å². The van der Waals surface area contributed by atoms with Crippen molar-refractivity contribution in [1.82, 2.24) is 90.4 Å². The molecule has 28 nitrogen and oxygen atoms in total. The van der Waals surface area contributed by atoms with Crippen LogP contribution in [-0.4, -0.2) is 201 Å². The van der Waals surface area contributed by atoms with Crippen LogP contribution in [0.2, 0.25) is 0 Å². The van der Waals surface area contributed by atoms with Crippen LogP contribution in [0.15, 0.2) is 86.2 Å². The van der Waals surface area contributed by atoms with E-state index >= 15 is 0 Å². The maximum atomic E-state index is 14.1. The predicted molar refractivity (Wildman–Crippen MR) is 352 cm³/mol. The molecule has 8 heterocycles. The number of nitrogens with zero attached hydrogens (tertiary/aromatic N) is 19. The predicted octanol–water partition coefficient (Wildman–Crippen LogP) is 9.31. The van der Waals surface area contributed by atoms with Gasteiger partial charge in [-0.15, -0.1) is 17.5 Å². The smallest absolute Gasteiger partial charge is 0.336 e. The average Bonchev–Trinajstić information content (AvgIpc) is 1.19. The summed E-state index contributed by atoms with van der Waals surface area (Å²) in [6.07, 6.45) is 9.59. The monoisotopic (exact) mass is 1330 g/mol. The van der Waals surface area contributed by atoms with Crippen molar-refractivity contribution in [2.24, 2.45) is 9.98 Å². The molecule has 2 aliphatic heterocycles. The minimum Gasteiger partial charge on any atom is -0.478 e. The number of aryl methyl sites for hydroxylation is 2. The average molecular weight is 1330 g/mol. The van der Waals surface area contributed by atoms with E-state index in [0.717, 1.165) is 77.0 Å². The van der Waals surface area contributed by atoms with E-state index in [0.29, 0.717) is 75.5 Å². The number of halogens is 3. The number of fused-ring (bicyclic) bond motifs is 1. The molecule has 6 aromatic heterocycles. The number of aromatic nitrogens is 14. The summed E-state index contributed by atoms with van der Waals surface area (Å²) in [4.78, 5) is 54.4. The first-order valence-electron chi connectivity index (χ1n) is 31.0. The second-order valence-electron chi connectivity index (χ2n) is 24.2. The van der Waals surface area contributed by atoms with E-state index in [1.54, 1.807) is 80.6 Å². The van der Waals surface area contributed by atoms with Gasteiger partial charge in [0.15, 0.2) is 0 Å². The number of carbonyl (C=O) groups excluding carboxylic acids is 1. The van der Waals surface area contributed by atoms with Gasteiger partial charge in [0.1, 0.15) is 39.7 Å². The fourth-order valence-electron chi connectivity index (χ4n) is 9.67. The van der Waals surface area contributed by atoms with Crippen LogP contribution in [0.25, 0.3) is 33.9 Å². The van der Waals surface area contributed by atoms with E-state index in [1.807, 2.05) is 13.8 Å². The van der Waals surface area contributed by atoms with Crippen LogP contribution in [0, 0.1) is 25.5 Å². The molecule has 2 aliphatic rings. The largest absolute Gasteiger partial charge is 0.478 e. The van der Waals surface area contributed by atoms with Gasteiger partial charge in [0.05, 0.1) is 48.2 Å². The Morgan fingerprint density at radius 3 is 1.79 bits per heavy atom. The summed E-state index contributed by atoms with van der Waals surface area (Å²) in [5.41, 5.74) is 0.676. The lowest BCUT2D eigenvalue weighted by molar-refractivity contribution is 0.0533. The topological polar surface area (TPSA) is 344 Å². The summed E-state index contributed by atoms with van der Waals surface area (Å²) in [6, 6.07) is 15.5. The molecule has 1 amide bonds. The molecular weight excluding hydrogens is 1240 g/mol. The molecule has 0 saturated carbocycles. The zero-order valence-corrected chi connectivity index (χ0v) is 57.5. The van der Waals surface area contributed by atoms with Gasteiger partial charge < -0.3 is 44.7 Å². The summed E-state index contributed by atoms with van der Waals surface area (Å²) in [7, 11) is 4.12. The Hall–Kier alpha value is -8.38. The lowest BCUT2D eigenvalue weighted by Crippen LogP contribution is -2.46. The molecule has 0 bridgehead atoms. The van der Waals surface area contributed by atoms with Crippen molar-refractivity contribution in [3.63, 3.8) is 0 Å². The lowest BCUT2D eigenvalue weighted by atomic mass is 9.97. The fraction of sp³-hybridized carbons (Fsp3) is 0.556. The Labute approximate surface area is 553 Å². The zero-order chi connectivity index (χ0) is 68.7. The van der Waals surface area contributed by atoms with Crippen molar-refractivity contribution >= 4 is 41.5 Å². The molecule has 8 aromatic rings. The molecule has 94 heavy (non-hydrogen) atoms. The van der Waals surface area contributed by atoms with Gasteiger partial charge in [-0.3, -0.25) is 9.69 Å². The highest BCUT2D eigenvalue weighted by Gasteiger charge is 2.34. The van der Waals surface area contributed by atoms with Gasteiger partial charge >= 0.3 is 5.97 Å². The van der Waals surface area contributed by atoms with Crippen molar-refractivity contribution in [3.8, 4) is 22.8 Å². The number of aliphatic imine (C=N–C) groups is 2. The summed E-state index contributed by atoms with van der Waals surface area (Å²) in [5.74, 6) is -1.65. The molecule has 4 atom stereocenters. The second kappa shape index (κ2) is 36.9. The number of aromatic carboxylic acids is 1. The number of benzene rings is 2. The van der Waals surface area contributed by atoms with Crippen molar-refractivity contribution < 1.29 is 47.9 Å². The maximum Gasteiger partial charge on any atom is 0.336 e. The van der Waals surface area contributed by atoms with Crippen LogP contribution in [0.4, 0.5) is 8.78 Å². The number of hydrogen-bond donors (Lipinski definition) is 5. The molecule has 31 heteroatoms. The molecule has 0 radical (unpaired) electrons. The van der Waals surface area contributed by atoms with Crippen LogP contribution in [0.1, 0.15) is 171 Å². The van der Waals surface area contributed by atoms with E-state index in [-0.39, 0.29) is 58.7 Å². The summed E-state index contributed by atoms with van der Waals surface area (Å²) >= 11 is 0. The number of carboxylic acids is 1. The minimum atomic E-state index is -1.24. The van der Waals surface area contributed by atoms with Crippen molar-refractivity contribution in [2.45, 2.75) is 176 Å². The third-order valence-corrected chi connectivity index (χ3v) is 14.7. The van der Waals surface area contributed by atoms with Crippen molar-refractivity contribution in [1.29, 1.82) is 0 Å². The molecule has 0 unspecified atom stereocenters. The fourth-order valence-corrected chi connectivity index (χ4v) is 9.67. The molecule has 2 saturated heterocycles. The minimum absolute atomic E-state index is 0. The van der Waals surface area contributed by atoms with E-state index in [4.69, 9.17) is 19.4 Å². The third kappa shape index (κ3) is 23.9. The first kappa shape index (κ1) is 78.1. The Morgan fingerprint density at radius 1 is 0.798 bits per heavy atom. The quantitative estimate of drug-likeness (QED) is 0.0341. The maximum absolute atomic E-state index is 14.1. The van der Waals surface area contributed by atoms with E-state index in [2.05, 4.69) is 143 Å². The second-order valence-corrected chi connectivity index (χ2v) is 24.2. The van der Waals surface area contributed by atoms with E-state index in [1.165, 1.54) is 30.5 Å². The van der Waals surface area contributed by atoms with Crippen LogP contribution < -0.4 is 5.32 Å². The van der Waals surface area contributed by atoms with Gasteiger partial charge in [-0.05, 0) is 189 Å². The zero-order valence-electron chi connectivity index (χ0n) is 56.7. The Bertz CT molecular complexity index is 3650. The number of piperidine rings is 2. The number of hydrogen-bond acceptors (Lipinski definition) is 23. The van der Waals surface area contributed by atoms with Gasteiger partial charge in [-0.1, -0.05) is 22.1 Å². The van der Waals surface area contributed by atoms with Crippen LogP contribution in [0.3, 0.4) is 0 Å². The molecule has 5 N–H and O–H groups in total. The molecule has 10 rings (SSSR count). The van der Waals surface area contributed by atoms with Gasteiger partial charge in [0, 0.05) is 75.0 Å². The van der Waals surface area contributed by atoms with E-state index < -0.39 is 28.8 Å². The summed E-state index contributed by atoms with van der Waals surface area (Å²) in [6.45, 7) is 32.4. The molecule has 0 aliphatic carbocycles. The number of rotatable bonds is 16. The van der Waals surface area contributed by atoms with Crippen molar-refractivity contribution in [2.75, 3.05) is 53.4 Å². The number of pyridine rings is 1. The van der Waals surface area contributed by atoms with Gasteiger partial charge in [-0.25, -0.2) is 28.5 Å². The van der Waals surface area contributed by atoms with Gasteiger partial charge in [0.25, 0.3) is 5.91 Å². The number of carbonyl (C=O) groups is 2. The highest BCUT2D eigenvalue weighted by molar-refractivity contribution is 6.00. The standard InChI is InChI=1S/C21H25FN6O3.C11H20N4O.C10H7FN2O3.C8H17N3.C8H19N.C5H4N4O.ClH/c1-12-5-7-15(28-23-10-18(25-28)21(3,4)30)11-27(12)20(29)17-9-14(22)6-8-16(17)19-24-13(2)31-26-19;1-8-4-5-9(6-12-8)15-13-7-10(14-15)11(2,3)16;1-5-12-9(13-16-5)7-3-2-6(11)4-8(7)10(14)15;1-4-9-8-10-6-5-7-11(2)3;1-6-9(7(2)3)8(4)5;10-9-5-4(7-8-9)2-1-3-6-5;/h6,8-10,12,15,30H,5,7,11H2,1-4H3;7-9,12,16H,4-6H2,1-3H3;2-4H,1H3,(H,14,15);4-7H2,1-3H3;7-8H,6H2,1-5H3;1-3,10H;1H/t12-,15-;8-,9-;;;;;/m11...../s1. The SMILES string of the molecule is CCN(C(C)C)C(C)C.CCN=C=NCCCN(C)C.C[C@@H]1CC[C@@H](n2ncc(C(C)(C)O)n2)CN1.Cc1nc(-c2ccc(F)cc2C(=O)N2C[C@H](n3ncc(C(C)(C)O)n3)CC[C@H]2C)no1.Cc1nc(-c2ccc(F)cc2C(=O)O)no1.Cl.On1nnc2cccnc21. The molecule has 514 valence electrons. The van der Waals surface area contributed by atoms with E-state index in [9.17, 15) is 28.6 Å². The van der Waals surface area contributed by atoms with Gasteiger partial charge in [0.2, 0.25) is 29.1 Å². The van der Waals surface area contributed by atoms with Gasteiger partial charge in [-0.2, -0.15) is 40.0 Å². The molecule has 2 aromatic carbocycles. The normalized spacial score (nSPS) is 16.2. The van der Waals surface area contributed by atoms with Crippen molar-refractivity contribution in [3.05, 3.63) is 113 Å². The first-order chi connectivity index (χ1) is 43.9. The molecule has 2 fully saturated rings. The Morgan fingerprint density at radius 2 is 1.34 bits per heavy atom. The Balaban J connectivity index is 0.000000256. The number of likely N-dealkylation sites (tertiary alicyclic amines) is 1. The molecular formula is C63H93ClF2N20O8. The number of nitrogens with one attached hydrogen (secondary N) is 1. The number of aliphatic hydroxyl groups is 2.